The Hall–Kier alpha value is -2.24. The van der Waals surface area contributed by atoms with Crippen LogP contribution in [0.4, 0.5) is 14.9 Å². The van der Waals surface area contributed by atoms with E-state index in [0.29, 0.717) is 5.56 Å². The van der Waals surface area contributed by atoms with E-state index in [9.17, 15) is 18.8 Å². The predicted octanol–water partition coefficient (Wildman–Crippen LogP) is 1.99. The molecule has 1 aromatic rings. The van der Waals surface area contributed by atoms with Crippen molar-refractivity contribution in [3.8, 4) is 0 Å². The van der Waals surface area contributed by atoms with Gasteiger partial charge >= 0.3 is 6.03 Å². The Morgan fingerprint density at radius 3 is 2.45 bits per heavy atom. The number of amides is 4. The molecule has 1 aliphatic heterocycles. The summed E-state index contributed by atoms with van der Waals surface area (Å²) in [6.07, 6.45) is 0. The van der Waals surface area contributed by atoms with Gasteiger partial charge in [-0.25, -0.2) is 14.1 Å². The van der Waals surface area contributed by atoms with Gasteiger partial charge in [0.05, 0.1) is 5.69 Å². The number of urea groups is 1. The molecule has 1 fully saturated rings. The highest BCUT2D eigenvalue weighted by Crippen LogP contribution is 2.25. The van der Waals surface area contributed by atoms with Crippen LogP contribution in [0, 0.1) is 24.6 Å². The molecule has 0 saturated carbocycles. The average molecular weight is 278 g/mol. The Morgan fingerprint density at radius 1 is 1.25 bits per heavy atom. The van der Waals surface area contributed by atoms with E-state index in [1.807, 2.05) is 0 Å². The fourth-order valence-electron chi connectivity index (χ4n) is 2.19. The minimum absolute atomic E-state index is 0.236. The Labute approximate surface area is 115 Å². The van der Waals surface area contributed by atoms with Crippen molar-refractivity contribution in [2.24, 2.45) is 11.8 Å². The molecule has 1 aromatic carbocycles. The zero-order valence-corrected chi connectivity index (χ0v) is 11.4. The van der Waals surface area contributed by atoms with Gasteiger partial charge in [0.15, 0.2) is 0 Å². The maximum absolute atomic E-state index is 13.3. The summed E-state index contributed by atoms with van der Waals surface area (Å²) >= 11 is 0. The van der Waals surface area contributed by atoms with Crippen LogP contribution < -0.4 is 10.2 Å². The molecule has 1 heterocycles. The van der Waals surface area contributed by atoms with Gasteiger partial charge in [0.25, 0.3) is 0 Å². The molecule has 4 amide bonds. The number of carbonyl (C=O) groups is 3. The molecule has 0 radical (unpaired) electrons. The van der Waals surface area contributed by atoms with Crippen molar-refractivity contribution in [3.63, 3.8) is 0 Å². The molecule has 1 atom stereocenters. The lowest BCUT2D eigenvalue weighted by atomic mass is 9.92. The van der Waals surface area contributed by atoms with Crippen molar-refractivity contribution >= 4 is 23.5 Å². The summed E-state index contributed by atoms with van der Waals surface area (Å²) in [4.78, 5) is 36.8. The smallest absolute Gasteiger partial charge is 0.277 e. The molecule has 1 aliphatic rings. The minimum atomic E-state index is -0.918. The third-order valence-electron chi connectivity index (χ3n) is 3.27. The van der Waals surface area contributed by atoms with Gasteiger partial charge in [-0.3, -0.25) is 14.9 Å². The van der Waals surface area contributed by atoms with Crippen LogP contribution in [0.2, 0.25) is 0 Å². The van der Waals surface area contributed by atoms with Gasteiger partial charge in [0.1, 0.15) is 11.7 Å². The number of nitrogens with one attached hydrogen (secondary N) is 1. The third-order valence-corrected chi connectivity index (χ3v) is 3.27. The Morgan fingerprint density at radius 2 is 1.90 bits per heavy atom. The highest BCUT2D eigenvalue weighted by Gasteiger charge is 2.42. The highest BCUT2D eigenvalue weighted by molar-refractivity contribution is 6.27. The standard InChI is InChI=1S/C14H15FN2O3/c1-7(2)11-12(18)16-14(20)17(13(11)19)9-4-5-10(15)8(3)6-9/h4-7,11H,1-3H3,(H,16,18,20). The van der Waals surface area contributed by atoms with E-state index in [4.69, 9.17) is 0 Å². The number of hydrogen-bond donors (Lipinski definition) is 1. The number of halogens is 1. The summed E-state index contributed by atoms with van der Waals surface area (Å²) in [6, 6.07) is 3.13. The monoisotopic (exact) mass is 278 g/mol. The molecule has 0 bridgehead atoms. The van der Waals surface area contributed by atoms with Crippen molar-refractivity contribution in [2.45, 2.75) is 20.8 Å². The number of imide groups is 2. The van der Waals surface area contributed by atoms with E-state index in [-0.39, 0.29) is 11.6 Å². The van der Waals surface area contributed by atoms with Crippen LogP contribution >= 0.6 is 0 Å². The second-order valence-corrected chi connectivity index (χ2v) is 5.12. The van der Waals surface area contributed by atoms with E-state index in [2.05, 4.69) is 5.32 Å². The fraction of sp³-hybridized carbons (Fsp3) is 0.357. The fourth-order valence-corrected chi connectivity index (χ4v) is 2.19. The first-order valence-electron chi connectivity index (χ1n) is 6.28. The number of anilines is 1. The van der Waals surface area contributed by atoms with E-state index < -0.39 is 29.6 Å². The lowest BCUT2D eigenvalue weighted by Gasteiger charge is -2.31. The zero-order chi connectivity index (χ0) is 15.0. The van der Waals surface area contributed by atoms with Crippen LogP contribution in [0.25, 0.3) is 0 Å². The van der Waals surface area contributed by atoms with Crippen molar-refractivity contribution in [2.75, 3.05) is 4.90 Å². The minimum Gasteiger partial charge on any atom is -0.277 e. The maximum atomic E-state index is 13.3. The summed E-state index contributed by atoms with van der Waals surface area (Å²) in [5, 5.41) is 2.16. The number of benzene rings is 1. The second kappa shape index (κ2) is 5.03. The Balaban J connectivity index is 2.43. The molecule has 6 heteroatoms. The molecule has 0 aliphatic carbocycles. The lowest BCUT2D eigenvalue weighted by Crippen LogP contribution is -2.59. The van der Waals surface area contributed by atoms with Crippen LogP contribution in [0.5, 0.6) is 0 Å². The maximum Gasteiger partial charge on any atom is 0.335 e. The number of nitrogens with zero attached hydrogens (tertiary/aromatic N) is 1. The highest BCUT2D eigenvalue weighted by atomic mass is 19.1. The average Bonchev–Trinajstić information content (AvgIpc) is 2.32. The molecule has 1 N–H and O–H groups in total. The molecular weight excluding hydrogens is 263 g/mol. The van der Waals surface area contributed by atoms with Gasteiger partial charge in [-0.15, -0.1) is 0 Å². The Kier molecular flexibility index (Phi) is 3.57. The molecule has 2 rings (SSSR count). The SMILES string of the molecule is Cc1cc(N2C(=O)NC(=O)C(C(C)C)C2=O)ccc1F. The number of barbiturate groups is 1. The van der Waals surface area contributed by atoms with Gasteiger partial charge in [0.2, 0.25) is 11.8 Å². The van der Waals surface area contributed by atoms with Crippen LogP contribution in [-0.4, -0.2) is 17.8 Å². The molecule has 1 unspecified atom stereocenters. The first-order chi connectivity index (χ1) is 9.32. The summed E-state index contributed by atoms with van der Waals surface area (Å²) in [5.41, 5.74) is 0.575. The molecular formula is C14H15FN2O3. The predicted molar refractivity (Wildman–Crippen MR) is 70.5 cm³/mol. The lowest BCUT2D eigenvalue weighted by molar-refractivity contribution is -0.136. The van der Waals surface area contributed by atoms with Crippen molar-refractivity contribution < 1.29 is 18.8 Å². The van der Waals surface area contributed by atoms with Crippen LogP contribution in [0.15, 0.2) is 18.2 Å². The number of hydrogen-bond acceptors (Lipinski definition) is 3. The third kappa shape index (κ3) is 2.29. The van der Waals surface area contributed by atoms with Crippen molar-refractivity contribution in [3.05, 3.63) is 29.6 Å². The van der Waals surface area contributed by atoms with E-state index in [0.717, 1.165) is 4.90 Å². The quantitative estimate of drug-likeness (QED) is 0.841. The van der Waals surface area contributed by atoms with Gasteiger partial charge in [-0.1, -0.05) is 13.8 Å². The van der Waals surface area contributed by atoms with Crippen LogP contribution in [0.3, 0.4) is 0 Å². The molecule has 5 nitrogen and oxygen atoms in total. The molecule has 0 aromatic heterocycles. The van der Waals surface area contributed by atoms with Crippen molar-refractivity contribution in [1.29, 1.82) is 0 Å². The van der Waals surface area contributed by atoms with Gasteiger partial charge in [-0.2, -0.15) is 0 Å². The van der Waals surface area contributed by atoms with E-state index in [1.165, 1.54) is 25.1 Å². The van der Waals surface area contributed by atoms with E-state index in [1.54, 1.807) is 13.8 Å². The van der Waals surface area contributed by atoms with Gasteiger partial charge in [0, 0.05) is 0 Å². The molecule has 20 heavy (non-hydrogen) atoms. The second-order valence-electron chi connectivity index (χ2n) is 5.12. The summed E-state index contributed by atoms with van der Waals surface area (Å²) < 4.78 is 13.3. The molecule has 0 spiro atoms. The Bertz CT molecular complexity index is 598. The number of aryl methyl sites for hydroxylation is 1. The summed E-state index contributed by atoms with van der Waals surface area (Å²) in [6.45, 7) is 4.99. The van der Waals surface area contributed by atoms with Gasteiger partial charge in [-0.05, 0) is 36.6 Å². The van der Waals surface area contributed by atoms with Crippen molar-refractivity contribution in [1.82, 2.24) is 5.32 Å². The number of carbonyl (C=O) groups excluding carboxylic acids is 3. The van der Waals surface area contributed by atoms with Crippen LogP contribution in [0.1, 0.15) is 19.4 Å². The first kappa shape index (κ1) is 14.2. The summed E-state index contributed by atoms with van der Waals surface area (Å²) in [7, 11) is 0. The first-order valence-corrected chi connectivity index (χ1v) is 6.28. The topological polar surface area (TPSA) is 66.5 Å². The zero-order valence-electron chi connectivity index (χ0n) is 11.4. The molecule has 1 saturated heterocycles. The normalized spacial score (nSPS) is 19.6. The number of rotatable bonds is 2. The van der Waals surface area contributed by atoms with E-state index >= 15 is 0 Å². The largest absolute Gasteiger partial charge is 0.335 e. The molecule has 106 valence electrons. The summed E-state index contributed by atoms with van der Waals surface area (Å²) in [5.74, 6) is -2.75. The van der Waals surface area contributed by atoms with Crippen LogP contribution in [-0.2, 0) is 9.59 Å². The van der Waals surface area contributed by atoms with Gasteiger partial charge < -0.3 is 0 Å².